The number of nitro benzene ring substituents is 1. The fourth-order valence-electron chi connectivity index (χ4n) is 3.06. The van der Waals surface area contributed by atoms with Gasteiger partial charge in [-0.3, -0.25) is 10.1 Å². The lowest BCUT2D eigenvalue weighted by molar-refractivity contribution is -0.384. The van der Waals surface area contributed by atoms with Crippen LogP contribution in [0.1, 0.15) is 12.8 Å². The predicted octanol–water partition coefficient (Wildman–Crippen LogP) is 2.75. The zero-order chi connectivity index (χ0) is 13.4. The SMILES string of the molecule is O=[N+]([O-])c1ccc(N[C@@H]2CN3CCC2CC3)c(Cl)c1. The topological polar surface area (TPSA) is 58.4 Å². The molecule has 1 aromatic carbocycles. The van der Waals surface area contributed by atoms with E-state index in [0.29, 0.717) is 17.0 Å². The minimum atomic E-state index is -0.427. The fraction of sp³-hybridized carbons (Fsp3) is 0.538. The van der Waals surface area contributed by atoms with Crippen LogP contribution in [0, 0.1) is 16.0 Å². The summed E-state index contributed by atoms with van der Waals surface area (Å²) in [4.78, 5) is 12.7. The number of nitrogens with zero attached hydrogens (tertiary/aromatic N) is 2. The van der Waals surface area contributed by atoms with Gasteiger partial charge in [0.05, 0.1) is 15.6 Å². The summed E-state index contributed by atoms with van der Waals surface area (Å²) in [6.45, 7) is 3.42. The van der Waals surface area contributed by atoms with Gasteiger partial charge in [0.2, 0.25) is 0 Å². The van der Waals surface area contributed by atoms with E-state index in [1.54, 1.807) is 6.07 Å². The number of rotatable bonds is 3. The normalized spacial score (nSPS) is 29.2. The highest BCUT2D eigenvalue weighted by molar-refractivity contribution is 6.33. The maximum Gasteiger partial charge on any atom is 0.271 e. The Balaban J connectivity index is 1.75. The smallest absolute Gasteiger partial charge is 0.271 e. The second-order valence-electron chi connectivity index (χ2n) is 5.31. The van der Waals surface area contributed by atoms with Gasteiger partial charge in [0.15, 0.2) is 0 Å². The van der Waals surface area contributed by atoms with Crippen LogP contribution in [0.3, 0.4) is 0 Å². The molecule has 3 fully saturated rings. The highest BCUT2D eigenvalue weighted by Gasteiger charge is 2.34. The number of benzene rings is 1. The molecule has 0 radical (unpaired) electrons. The molecular weight excluding hydrogens is 266 g/mol. The third-order valence-corrected chi connectivity index (χ3v) is 4.47. The molecule has 0 spiro atoms. The molecule has 0 aliphatic carbocycles. The van der Waals surface area contributed by atoms with Crippen LogP contribution in [0.15, 0.2) is 18.2 Å². The van der Waals surface area contributed by atoms with Crippen molar-refractivity contribution in [3.8, 4) is 0 Å². The monoisotopic (exact) mass is 281 g/mol. The number of anilines is 1. The molecule has 3 heterocycles. The molecule has 0 aromatic heterocycles. The molecule has 0 unspecified atom stereocenters. The van der Waals surface area contributed by atoms with E-state index in [4.69, 9.17) is 11.6 Å². The summed E-state index contributed by atoms with van der Waals surface area (Å²) in [5.41, 5.74) is 0.829. The largest absolute Gasteiger partial charge is 0.380 e. The van der Waals surface area contributed by atoms with Crippen LogP contribution < -0.4 is 5.32 Å². The third kappa shape index (κ3) is 2.53. The molecule has 6 heteroatoms. The van der Waals surface area contributed by atoms with Crippen LogP contribution in [0.4, 0.5) is 11.4 Å². The van der Waals surface area contributed by atoms with E-state index in [1.807, 2.05) is 0 Å². The van der Waals surface area contributed by atoms with E-state index in [-0.39, 0.29) is 5.69 Å². The second kappa shape index (κ2) is 4.98. The van der Waals surface area contributed by atoms with Crippen molar-refractivity contribution in [1.82, 2.24) is 4.90 Å². The molecule has 19 heavy (non-hydrogen) atoms. The molecule has 102 valence electrons. The van der Waals surface area contributed by atoms with E-state index in [1.165, 1.54) is 38.1 Å². The van der Waals surface area contributed by atoms with E-state index in [0.717, 1.165) is 12.2 Å². The van der Waals surface area contributed by atoms with Gasteiger partial charge in [-0.15, -0.1) is 0 Å². The molecule has 1 N–H and O–H groups in total. The quantitative estimate of drug-likeness (QED) is 0.684. The van der Waals surface area contributed by atoms with Gasteiger partial charge in [0, 0.05) is 24.7 Å². The zero-order valence-electron chi connectivity index (χ0n) is 10.5. The van der Waals surface area contributed by atoms with Crippen LogP contribution in [0.25, 0.3) is 0 Å². The summed E-state index contributed by atoms with van der Waals surface area (Å²) in [6.07, 6.45) is 2.45. The number of halogens is 1. The first kappa shape index (κ1) is 12.7. The Morgan fingerprint density at radius 3 is 2.63 bits per heavy atom. The summed E-state index contributed by atoms with van der Waals surface area (Å²) in [7, 11) is 0. The van der Waals surface area contributed by atoms with Crippen LogP contribution >= 0.6 is 11.6 Å². The Bertz CT molecular complexity index is 501. The van der Waals surface area contributed by atoms with Gasteiger partial charge in [0.1, 0.15) is 0 Å². The molecule has 3 saturated heterocycles. The first-order valence-corrected chi connectivity index (χ1v) is 6.94. The number of hydrogen-bond donors (Lipinski definition) is 1. The molecule has 4 rings (SSSR count). The van der Waals surface area contributed by atoms with Crippen molar-refractivity contribution in [1.29, 1.82) is 0 Å². The highest BCUT2D eigenvalue weighted by Crippen LogP contribution is 2.33. The average Bonchev–Trinajstić information content (AvgIpc) is 2.42. The van der Waals surface area contributed by atoms with Gasteiger partial charge in [-0.05, 0) is 37.9 Å². The number of non-ortho nitro benzene ring substituents is 1. The molecule has 2 bridgehead atoms. The fourth-order valence-corrected chi connectivity index (χ4v) is 3.29. The lowest BCUT2D eigenvalue weighted by Gasteiger charge is -2.45. The van der Waals surface area contributed by atoms with Gasteiger partial charge in [-0.2, -0.15) is 0 Å². The molecule has 3 aliphatic heterocycles. The highest BCUT2D eigenvalue weighted by atomic mass is 35.5. The van der Waals surface area contributed by atoms with Crippen molar-refractivity contribution in [2.24, 2.45) is 5.92 Å². The maximum atomic E-state index is 10.7. The number of nitrogens with one attached hydrogen (secondary N) is 1. The summed E-state index contributed by atoms with van der Waals surface area (Å²) in [6, 6.07) is 5.01. The van der Waals surface area contributed by atoms with Crippen molar-refractivity contribution >= 4 is 23.0 Å². The van der Waals surface area contributed by atoms with Crippen molar-refractivity contribution in [2.45, 2.75) is 18.9 Å². The molecule has 1 aromatic rings. The van der Waals surface area contributed by atoms with Gasteiger partial charge < -0.3 is 10.2 Å². The van der Waals surface area contributed by atoms with Crippen LogP contribution in [-0.4, -0.2) is 35.5 Å². The number of piperidine rings is 3. The summed E-state index contributed by atoms with van der Waals surface area (Å²) in [5, 5.41) is 14.6. The lowest BCUT2D eigenvalue weighted by atomic mass is 9.84. The summed E-state index contributed by atoms with van der Waals surface area (Å²) in [5.74, 6) is 0.691. The molecule has 3 aliphatic rings. The maximum absolute atomic E-state index is 10.7. The molecular formula is C13H16ClN3O2. The Morgan fingerprint density at radius 1 is 1.37 bits per heavy atom. The molecule has 0 saturated carbocycles. The Hall–Kier alpha value is -1.33. The van der Waals surface area contributed by atoms with Crippen molar-refractivity contribution in [3.63, 3.8) is 0 Å². The lowest BCUT2D eigenvalue weighted by Crippen LogP contribution is -2.53. The second-order valence-corrected chi connectivity index (χ2v) is 5.72. The van der Waals surface area contributed by atoms with Gasteiger partial charge in [0.25, 0.3) is 5.69 Å². The van der Waals surface area contributed by atoms with Crippen LogP contribution in [0.5, 0.6) is 0 Å². The Labute approximate surface area is 116 Å². The number of hydrogen-bond acceptors (Lipinski definition) is 4. The first-order valence-electron chi connectivity index (χ1n) is 6.56. The van der Waals surface area contributed by atoms with Crippen molar-refractivity contribution in [2.75, 3.05) is 25.0 Å². The molecule has 0 amide bonds. The van der Waals surface area contributed by atoms with Crippen LogP contribution in [0.2, 0.25) is 5.02 Å². The Kier molecular flexibility index (Phi) is 3.33. The minimum absolute atomic E-state index is 0.0319. The molecule has 5 nitrogen and oxygen atoms in total. The number of fused-ring (bicyclic) bond motifs is 3. The van der Waals surface area contributed by atoms with Crippen molar-refractivity contribution < 1.29 is 4.92 Å². The average molecular weight is 282 g/mol. The van der Waals surface area contributed by atoms with E-state index in [2.05, 4.69) is 10.2 Å². The van der Waals surface area contributed by atoms with E-state index < -0.39 is 4.92 Å². The minimum Gasteiger partial charge on any atom is -0.380 e. The zero-order valence-corrected chi connectivity index (χ0v) is 11.3. The van der Waals surface area contributed by atoms with Gasteiger partial charge in [-0.1, -0.05) is 11.6 Å². The van der Waals surface area contributed by atoms with Gasteiger partial charge in [-0.25, -0.2) is 0 Å². The number of nitro groups is 1. The van der Waals surface area contributed by atoms with E-state index in [9.17, 15) is 10.1 Å². The third-order valence-electron chi connectivity index (χ3n) is 4.16. The van der Waals surface area contributed by atoms with E-state index >= 15 is 0 Å². The standard InChI is InChI=1S/C13H16ClN3O2/c14-11-7-10(17(18)19)1-2-12(11)15-13-8-16-5-3-9(13)4-6-16/h1-2,7,9,13,15H,3-6,8H2/t13-/m1/s1. The Morgan fingerprint density at radius 2 is 2.11 bits per heavy atom. The van der Waals surface area contributed by atoms with Gasteiger partial charge >= 0.3 is 0 Å². The van der Waals surface area contributed by atoms with Crippen molar-refractivity contribution in [3.05, 3.63) is 33.3 Å². The first-order chi connectivity index (χ1) is 9.13. The summed E-state index contributed by atoms with van der Waals surface area (Å²) >= 11 is 6.11. The predicted molar refractivity (Wildman–Crippen MR) is 74.7 cm³/mol. The summed E-state index contributed by atoms with van der Waals surface area (Å²) < 4.78 is 0. The molecule has 1 atom stereocenters. The van der Waals surface area contributed by atoms with Crippen LogP contribution in [-0.2, 0) is 0 Å².